The van der Waals surface area contributed by atoms with E-state index in [0.29, 0.717) is 0 Å². The molecular formula is C23H19N3O. The first-order valence-corrected chi connectivity index (χ1v) is 8.80. The monoisotopic (exact) mass is 353 g/mol. The summed E-state index contributed by atoms with van der Waals surface area (Å²) in [5, 5.41) is 4.33. The lowest BCUT2D eigenvalue weighted by atomic mass is 9.79. The highest BCUT2D eigenvalue weighted by Gasteiger charge is 2.42. The second kappa shape index (κ2) is 7.00. The van der Waals surface area contributed by atoms with Crippen molar-refractivity contribution in [3.63, 3.8) is 0 Å². The fraction of sp³-hybridized carbons (Fsp3) is 0.0870. The van der Waals surface area contributed by atoms with Crippen molar-refractivity contribution in [2.75, 3.05) is 0 Å². The molecule has 0 spiro atoms. The lowest BCUT2D eigenvalue weighted by Crippen LogP contribution is -2.43. The molecule has 4 heteroatoms. The SMILES string of the molecule is CC(=O)C(c1ccccc1)(c1ccc(-c2ccccc2)cc1)n1cncn1. The summed E-state index contributed by atoms with van der Waals surface area (Å²) in [4.78, 5) is 17.1. The van der Waals surface area contributed by atoms with E-state index in [1.165, 1.54) is 6.33 Å². The molecule has 0 aliphatic rings. The van der Waals surface area contributed by atoms with Crippen LogP contribution in [0.25, 0.3) is 11.1 Å². The zero-order chi connectivity index (χ0) is 18.7. The molecule has 27 heavy (non-hydrogen) atoms. The smallest absolute Gasteiger partial charge is 0.172 e. The third-order valence-electron chi connectivity index (χ3n) is 4.87. The van der Waals surface area contributed by atoms with Crippen LogP contribution >= 0.6 is 0 Å². The lowest BCUT2D eigenvalue weighted by molar-refractivity contribution is -0.122. The average Bonchev–Trinajstić information content (AvgIpc) is 3.25. The van der Waals surface area contributed by atoms with Gasteiger partial charge < -0.3 is 0 Å². The third-order valence-corrected chi connectivity index (χ3v) is 4.87. The van der Waals surface area contributed by atoms with Gasteiger partial charge in [-0.15, -0.1) is 0 Å². The number of benzene rings is 3. The number of hydrogen-bond acceptors (Lipinski definition) is 3. The van der Waals surface area contributed by atoms with E-state index in [1.54, 1.807) is 17.9 Å². The van der Waals surface area contributed by atoms with Crippen LogP contribution in [-0.2, 0) is 10.3 Å². The van der Waals surface area contributed by atoms with Crippen molar-refractivity contribution >= 4 is 5.78 Å². The molecule has 1 aromatic heterocycles. The number of hydrogen-bond donors (Lipinski definition) is 0. The van der Waals surface area contributed by atoms with Gasteiger partial charge in [-0.2, -0.15) is 5.10 Å². The molecule has 0 fully saturated rings. The van der Waals surface area contributed by atoms with Gasteiger partial charge in [0.05, 0.1) is 0 Å². The van der Waals surface area contributed by atoms with E-state index >= 15 is 0 Å². The van der Waals surface area contributed by atoms with Crippen molar-refractivity contribution in [2.45, 2.75) is 12.5 Å². The van der Waals surface area contributed by atoms with E-state index in [2.05, 4.69) is 22.2 Å². The number of rotatable bonds is 5. The quantitative estimate of drug-likeness (QED) is 0.537. The summed E-state index contributed by atoms with van der Waals surface area (Å²) in [6, 6.07) is 28.0. The highest BCUT2D eigenvalue weighted by molar-refractivity contribution is 5.92. The molecule has 4 nitrogen and oxygen atoms in total. The molecule has 1 atom stereocenters. The van der Waals surface area contributed by atoms with Gasteiger partial charge in [0, 0.05) is 0 Å². The van der Waals surface area contributed by atoms with Crippen LogP contribution in [0.4, 0.5) is 0 Å². The number of Topliss-reactive ketones (excluding diaryl/α,β-unsaturated/α-hetero) is 1. The molecule has 0 aliphatic carbocycles. The van der Waals surface area contributed by atoms with Crippen molar-refractivity contribution < 1.29 is 4.79 Å². The van der Waals surface area contributed by atoms with Crippen molar-refractivity contribution in [1.82, 2.24) is 14.8 Å². The van der Waals surface area contributed by atoms with Crippen LogP contribution in [0.5, 0.6) is 0 Å². The molecule has 0 N–H and O–H groups in total. The summed E-state index contributed by atoms with van der Waals surface area (Å²) >= 11 is 0. The van der Waals surface area contributed by atoms with Crippen LogP contribution in [0.2, 0.25) is 0 Å². The zero-order valence-corrected chi connectivity index (χ0v) is 15.0. The largest absolute Gasteiger partial charge is 0.296 e. The van der Waals surface area contributed by atoms with Crippen LogP contribution in [0, 0.1) is 0 Å². The highest BCUT2D eigenvalue weighted by atomic mass is 16.1. The first-order chi connectivity index (χ1) is 13.2. The highest BCUT2D eigenvalue weighted by Crippen LogP contribution is 2.35. The van der Waals surface area contributed by atoms with E-state index < -0.39 is 5.54 Å². The van der Waals surface area contributed by atoms with E-state index in [0.717, 1.165) is 22.3 Å². The Kier molecular flexibility index (Phi) is 4.38. The molecule has 1 unspecified atom stereocenters. The van der Waals surface area contributed by atoms with Crippen molar-refractivity contribution in [3.05, 3.63) is 109 Å². The zero-order valence-electron chi connectivity index (χ0n) is 15.0. The van der Waals surface area contributed by atoms with Crippen LogP contribution in [0.3, 0.4) is 0 Å². The number of carbonyl (C=O) groups excluding carboxylic acids is 1. The molecule has 3 aromatic carbocycles. The van der Waals surface area contributed by atoms with E-state index in [4.69, 9.17) is 0 Å². The molecule has 0 amide bonds. The summed E-state index contributed by atoms with van der Waals surface area (Å²) in [5.41, 5.74) is 2.90. The Labute approximate surface area is 158 Å². The number of ketones is 1. The molecule has 0 saturated heterocycles. The van der Waals surface area contributed by atoms with Gasteiger partial charge in [-0.1, -0.05) is 84.9 Å². The second-order valence-electron chi connectivity index (χ2n) is 6.42. The molecule has 132 valence electrons. The van der Waals surface area contributed by atoms with E-state index in [1.807, 2.05) is 72.8 Å². The molecule has 4 rings (SSSR count). The van der Waals surface area contributed by atoms with Crippen molar-refractivity contribution in [3.8, 4) is 11.1 Å². The predicted octanol–water partition coefficient (Wildman–Crippen LogP) is 4.33. The Morgan fingerprint density at radius 2 is 1.33 bits per heavy atom. The maximum absolute atomic E-state index is 13.0. The maximum Gasteiger partial charge on any atom is 0.172 e. The van der Waals surface area contributed by atoms with Crippen molar-refractivity contribution in [2.24, 2.45) is 0 Å². The van der Waals surface area contributed by atoms with Crippen LogP contribution in [0.1, 0.15) is 18.1 Å². The summed E-state index contributed by atoms with van der Waals surface area (Å²) in [6.45, 7) is 1.60. The molecule has 0 saturated carbocycles. The molecular weight excluding hydrogens is 334 g/mol. The average molecular weight is 353 g/mol. The first-order valence-electron chi connectivity index (χ1n) is 8.80. The Balaban J connectivity index is 1.91. The molecule has 0 aliphatic heterocycles. The maximum atomic E-state index is 13.0. The van der Waals surface area contributed by atoms with Gasteiger partial charge in [0.1, 0.15) is 12.7 Å². The first kappa shape index (κ1) is 16.9. The van der Waals surface area contributed by atoms with Gasteiger partial charge in [-0.25, -0.2) is 9.67 Å². The van der Waals surface area contributed by atoms with Gasteiger partial charge in [0.15, 0.2) is 11.3 Å². The molecule has 0 bridgehead atoms. The Morgan fingerprint density at radius 3 is 1.89 bits per heavy atom. The number of nitrogens with zero attached hydrogens (tertiary/aromatic N) is 3. The Hall–Kier alpha value is -3.53. The fourth-order valence-electron chi connectivity index (χ4n) is 3.59. The van der Waals surface area contributed by atoms with Crippen LogP contribution in [0.15, 0.2) is 97.6 Å². The fourth-order valence-corrected chi connectivity index (χ4v) is 3.59. The topological polar surface area (TPSA) is 47.8 Å². The number of carbonyl (C=O) groups is 1. The number of aromatic nitrogens is 3. The normalized spacial score (nSPS) is 13.1. The van der Waals surface area contributed by atoms with Gasteiger partial charge >= 0.3 is 0 Å². The molecule has 4 aromatic rings. The van der Waals surface area contributed by atoms with Crippen LogP contribution < -0.4 is 0 Å². The van der Waals surface area contributed by atoms with Gasteiger partial charge in [-0.3, -0.25) is 4.79 Å². The molecule has 1 heterocycles. The summed E-state index contributed by atoms with van der Waals surface area (Å²) < 4.78 is 1.64. The summed E-state index contributed by atoms with van der Waals surface area (Å²) in [5.74, 6) is -0.0216. The Morgan fingerprint density at radius 1 is 0.778 bits per heavy atom. The molecule has 0 radical (unpaired) electrons. The minimum atomic E-state index is -1.05. The van der Waals surface area contributed by atoms with E-state index in [-0.39, 0.29) is 5.78 Å². The van der Waals surface area contributed by atoms with Crippen LogP contribution in [-0.4, -0.2) is 20.5 Å². The van der Waals surface area contributed by atoms with Gasteiger partial charge in [-0.05, 0) is 29.2 Å². The summed E-state index contributed by atoms with van der Waals surface area (Å²) in [6.07, 6.45) is 3.05. The third kappa shape index (κ3) is 2.85. The van der Waals surface area contributed by atoms with Crippen molar-refractivity contribution in [1.29, 1.82) is 0 Å². The van der Waals surface area contributed by atoms with Gasteiger partial charge in [0.25, 0.3) is 0 Å². The minimum Gasteiger partial charge on any atom is -0.296 e. The van der Waals surface area contributed by atoms with Gasteiger partial charge in [0.2, 0.25) is 0 Å². The second-order valence-corrected chi connectivity index (χ2v) is 6.42. The predicted molar refractivity (Wildman–Crippen MR) is 105 cm³/mol. The summed E-state index contributed by atoms with van der Waals surface area (Å²) in [7, 11) is 0. The van der Waals surface area contributed by atoms with E-state index in [9.17, 15) is 4.79 Å². The lowest BCUT2D eigenvalue weighted by Gasteiger charge is -2.32. The minimum absolute atomic E-state index is 0.0216. The Bertz CT molecular complexity index is 1030. The standard InChI is InChI=1S/C23H19N3O/c1-18(27)23(26-17-24-16-25-26,21-10-6-3-7-11-21)22-14-12-20(13-15-22)19-8-4-2-5-9-19/h2-17H,1H3.